The molecule has 0 aliphatic carbocycles. The highest BCUT2D eigenvalue weighted by molar-refractivity contribution is 5.32. The van der Waals surface area contributed by atoms with Crippen LogP contribution in [0.3, 0.4) is 0 Å². The molecule has 1 aromatic rings. The molecule has 3 N–H and O–H groups in total. The van der Waals surface area contributed by atoms with Gasteiger partial charge in [0.1, 0.15) is 6.20 Å². The molecule has 1 aromatic heterocycles. The van der Waals surface area contributed by atoms with Crippen LogP contribution in [0.4, 0.5) is 5.69 Å². The van der Waals surface area contributed by atoms with Crippen LogP contribution >= 0.6 is 0 Å². The minimum absolute atomic E-state index is 0. The van der Waals surface area contributed by atoms with Crippen molar-refractivity contribution in [3.63, 3.8) is 0 Å². The van der Waals surface area contributed by atoms with Crippen molar-refractivity contribution in [3.8, 4) is 0 Å². The van der Waals surface area contributed by atoms with Gasteiger partial charge in [0.05, 0.1) is 4.92 Å². The van der Waals surface area contributed by atoms with E-state index in [4.69, 9.17) is 0 Å². The summed E-state index contributed by atoms with van der Waals surface area (Å²) in [6.45, 7) is 3.62. The van der Waals surface area contributed by atoms with Gasteiger partial charge in [0.15, 0.2) is 0 Å². The number of hydrogen-bond donors (Lipinski definition) is 1. The van der Waals surface area contributed by atoms with Gasteiger partial charge in [0, 0.05) is 11.8 Å². The summed E-state index contributed by atoms with van der Waals surface area (Å²) >= 11 is 0. The van der Waals surface area contributed by atoms with E-state index in [2.05, 4.69) is 4.98 Å². The molecule has 0 aliphatic heterocycles. The molecule has 5 heteroatoms. The van der Waals surface area contributed by atoms with E-state index in [-0.39, 0.29) is 11.8 Å². The zero-order valence-corrected chi connectivity index (χ0v) is 7.07. The molecule has 1 heterocycles. The van der Waals surface area contributed by atoms with Crippen molar-refractivity contribution in [3.05, 3.63) is 33.6 Å². The van der Waals surface area contributed by atoms with Gasteiger partial charge in [-0.2, -0.15) is 0 Å². The molecule has 0 aliphatic rings. The molecule has 5 nitrogen and oxygen atoms in total. The molecule has 0 radical (unpaired) electrons. The quantitative estimate of drug-likeness (QED) is 0.512. The molecule has 0 bridgehead atoms. The largest absolute Gasteiger partial charge is 0.344 e. The van der Waals surface area contributed by atoms with Gasteiger partial charge < -0.3 is 6.15 Å². The maximum atomic E-state index is 10.2. The molecule has 0 spiro atoms. The summed E-state index contributed by atoms with van der Waals surface area (Å²) in [4.78, 5) is 13.6. The van der Waals surface area contributed by atoms with Crippen molar-refractivity contribution < 1.29 is 4.92 Å². The second-order valence-corrected chi connectivity index (χ2v) is 2.35. The Kier molecular flexibility index (Phi) is 3.30. The topological polar surface area (TPSA) is 91.0 Å². The Morgan fingerprint density at radius 2 is 2.08 bits per heavy atom. The predicted molar refractivity (Wildman–Crippen MR) is 45.4 cm³/mol. The number of nitrogens with zero attached hydrogens (tertiary/aromatic N) is 2. The first-order chi connectivity index (χ1) is 5.11. The number of hydrogen-bond acceptors (Lipinski definition) is 4. The standard InChI is InChI=1S/C7H8N2O2.H3N/c1-5-3-7(9(10)11)4-8-6(5)2;/h3-4H,1-2H3;1H3. The van der Waals surface area contributed by atoms with Crippen molar-refractivity contribution in [2.24, 2.45) is 0 Å². The number of rotatable bonds is 1. The molecule has 0 aromatic carbocycles. The monoisotopic (exact) mass is 169 g/mol. The van der Waals surface area contributed by atoms with E-state index in [0.717, 1.165) is 11.3 Å². The Labute approximate surface area is 70.2 Å². The number of aryl methyl sites for hydroxylation is 2. The number of aromatic nitrogens is 1. The van der Waals surface area contributed by atoms with E-state index in [0.29, 0.717) is 0 Å². The molecule has 0 atom stereocenters. The first kappa shape index (κ1) is 10.5. The molecule has 0 amide bonds. The summed E-state index contributed by atoms with van der Waals surface area (Å²) in [6.07, 6.45) is 1.27. The van der Waals surface area contributed by atoms with Crippen LogP contribution in [0.1, 0.15) is 11.3 Å². The van der Waals surface area contributed by atoms with E-state index >= 15 is 0 Å². The Balaban J connectivity index is 0.00000121. The lowest BCUT2D eigenvalue weighted by molar-refractivity contribution is -0.385. The minimum Gasteiger partial charge on any atom is -0.344 e. The lowest BCUT2D eigenvalue weighted by Gasteiger charge is -1.96. The van der Waals surface area contributed by atoms with E-state index in [1.807, 2.05) is 6.92 Å². The van der Waals surface area contributed by atoms with Crippen LogP contribution in [0.25, 0.3) is 0 Å². The Bertz CT molecular complexity index is 299. The van der Waals surface area contributed by atoms with Crippen LogP contribution in [0.15, 0.2) is 12.3 Å². The summed E-state index contributed by atoms with van der Waals surface area (Å²) in [7, 11) is 0. The SMILES string of the molecule is Cc1cc([N+](=O)[O-])cnc1C.N. The zero-order chi connectivity index (χ0) is 8.43. The minimum atomic E-state index is -0.445. The summed E-state index contributed by atoms with van der Waals surface area (Å²) in [5.74, 6) is 0. The van der Waals surface area contributed by atoms with Crippen molar-refractivity contribution in [1.82, 2.24) is 11.1 Å². The molecule has 1 rings (SSSR count). The maximum Gasteiger partial charge on any atom is 0.287 e. The zero-order valence-electron chi connectivity index (χ0n) is 7.07. The van der Waals surface area contributed by atoms with Gasteiger partial charge in [-0.3, -0.25) is 15.1 Å². The molecule has 0 saturated carbocycles. The van der Waals surface area contributed by atoms with Crippen LogP contribution in [0.2, 0.25) is 0 Å². The summed E-state index contributed by atoms with van der Waals surface area (Å²) in [6, 6.07) is 1.52. The highest BCUT2D eigenvalue weighted by Gasteiger charge is 2.05. The van der Waals surface area contributed by atoms with Crippen LogP contribution in [-0.2, 0) is 0 Å². The summed E-state index contributed by atoms with van der Waals surface area (Å²) in [5, 5.41) is 10.2. The number of nitro groups is 1. The third-order valence-electron chi connectivity index (χ3n) is 1.54. The van der Waals surface area contributed by atoms with Crippen molar-refractivity contribution in [2.75, 3.05) is 0 Å². The third kappa shape index (κ3) is 2.00. The maximum absolute atomic E-state index is 10.2. The van der Waals surface area contributed by atoms with Crippen LogP contribution in [-0.4, -0.2) is 9.91 Å². The second-order valence-electron chi connectivity index (χ2n) is 2.35. The van der Waals surface area contributed by atoms with Gasteiger partial charge in [0.25, 0.3) is 5.69 Å². The first-order valence-electron chi connectivity index (χ1n) is 3.19. The molecule has 66 valence electrons. The smallest absolute Gasteiger partial charge is 0.287 e. The normalized spacial score (nSPS) is 8.83. The van der Waals surface area contributed by atoms with Crippen molar-refractivity contribution in [1.29, 1.82) is 0 Å². The van der Waals surface area contributed by atoms with Gasteiger partial charge >= 0.3 is 0 Å². The third-order valence-corrected chi connectivity index (χ3v) is 1.54. The van der Waals surface area contributed by atoms with E-state index in [1.165, 1.54) is 12.3 Å². The van der Waals surface area contributed by atoms with Crippen LogP contribution in [0, 0.1) is 24.0 Å². The lowest BCUT2D eigenvalue weighted by Crippen LogP contribution is -1.92. The van der Waals surface area contributed by atoms with Crippen LogP contribution < -0.4 is 6.15 Å². The van der Waals surface area contributed by atoms with Gasteiger partial charge in [-0.25, -0.2) is 0 Å². The Morgan fingerprint density at radius 1 is 1.50 bits per heavy atom. The molecular weight excluding hydrogens is 158 g/mol. The Hall–Kier alpha value is -1.49. The fraction of sp³-hybridized carbons (Fsp3) is 0.286. The first-order valence-corrected chi connectivity index (χ1v) is 3.19. The molecule has 0 fully saturated rings. The number of pyridine rings is 1. The van der Waals surface area contributed by atoms with Gasteiger partial charge in [-0.05, 0) is 19.4 Å². The van der Waals surface area contributed by atoms with Crippen molar-refractivity contribution >= 4 is 5.69 Å². The average Bonchev–Trinajstić information content (AvgIpc) is 1.94. The Morgan fingerprint density at radius 3 is 2.50 bits per heavy atom. The highest BCUT2D eigenvalue weighted by Crippen LogP contribution is 2.12. The molecule has 0 unspecified atom stereocenters. The van der Waals surface area contributed by atoms with Crippen molar-refractivity contribution in [2.45, 2.75) is 13.8 Å². The van der Waals surface area contributed by atoms with E-state index < -0.39 is 4.92 Å². The van der Waals surface area contributed by atoms with E-state index in [9.17, 15) is 10.1 Å². The molecule has 0 saturated heterocycles. The van der Waals surface area contributed by atoms with Crippen LogP contribution in [0.5, 0.6) is 0 Å². The fourth-order valence-electron chi connectivity index (χ4n) is 0.728. The average molecular weight is 169 g/mol. The molecular formula is C7H11N3O2. The summed E-state index contributed by atoms with van der Waals surface area (Å²) < 4.78 is 0. The predicted octanol–water partition coefficient (Wildman–Crippen LogP) is 1.77. The van der Waals surface area contributed by atoms with E-state index in [1.54, 1.807) is 6.92 Å². The lowest BCUT2D eigenvalue weighted by atomic mass is 10.2. The highest BCUT2D eigenvalue weighted by atomic mass is 16.6. The van der Waals surface area contributed by atoms with Gasteiger partial charge in [-0.1, -0.05) is 0 Å². The second kappa shape index (κ2) is 3.77. The van der Waals surface area contributed by atoms with Gasteiger partial charge in [-0.15, -0.1) is 0 Å². The summed E-state index contributed by atoms with van der Waals surface area (Å²) in [5.41, 5.74) is 1.72. The van der Waals surface area contributed by atoms with Gasteiger partial charge in [0.2, 0.25) is 0 Å². The molecule has 12 heavy (non-hydrogen) atoms. The fourth-order valence-corrected chi connectivity index (χ4v) is 0.728.